The Morgan fingerprint density at radius 2 is 1.92 bits per heavy atom. The summed E-state index contributed by atoms with van der Waals surface area (Å²) in [4.78, 5) is 16.5. The number of hydrogen-bond donors (Lipinski definition) is 1. The van der Waals surface area contributed by atoms with Crippen molar-refractivity contribution >= 4 is 12.0 Å². The van der Waals surface area contributed by atoms with E-state index in [1.165, 1.54) is 0 Å². The Hall–Kier alpha value is -1.69. The third-order valence-corrected chi connectivity index (χ3v) is 5.78. The molecule has 5 nitrogen and oxygen atoms in total. The zero-order valence-corrected chi connectivity index (χ0v) is 16.0. The number of hydrogen-bond acceptors (Lipinski definition) is 4. The number of nitrogens with zero attached hydrogens (tertiary/aromatic N) is 2. The molecule has 1 N–H and O–H groups in total. The largest absolute Gasteiger partial charge is 0.386 e. The van der Waals surface area contributed by atoms with Crippen molar-refractivity contribution in [2.45, 2.75) is 43.4 Å². The van der Waals surface area contributed by atoms with Crippen LogP contribution in [0.1, 0.15) is 31.7 Å². The Labute approximate surface area is 156 Å². The van der Waals surface area contributed by atoms with Gasteiger partial charge in [-0.2, -0.15) is 0 Å². The van der Waals surface area contributed by atoms with E-state index in [0.717, 1.165) is 24.8 Å². The monoisotopic (exact) mass is 358 g/mol. The van der Waals surface area contributed by atoms with Crippen LogP contribution in [0.25, 0.3) is 6.08 Å². The van der Waals surface area contributed by atoms with E-state index in [1.807, 2.05) is 62.3 Å². The quantitative estimate of drug-likeness (QED) is 0.842. The van der Waals surface area contributed by atoms with E-state index in [9.17, 15) is 9.90 Å². The fourth-order valence-corrected chi connectivity index (χ4v) is 4.09. The molecule has 2 heterocycles. The van der Waals surface area contributed by atoms with Gasteiger partial charge in [0, 0.05) is 25.2 Å². The average Bonchev–Trinajstić information content (AvgIpc) is 2.63. The van der Waals surface area contributed by atoms with Gasteiger partial charge in [0.2, 0.25) is 5.91 Å². The highest BCUT2D eigenvalue weighted by Crippen LogP contribution is 2.39. The molecule has 26 heavy (non-hydrogen) atoms. The molecule has 1 aromatic rings. The van der Waals surface area contributed by atoms with Gasteiger partial charge in [-0.1, -0.05) is 30.3 Å². The Bertz CT molecular complexity index is 646. The van der Waals surface area contributed by atoms with Gasteiger partial charge in [0.15, 0.2) is 0 Å². The van der Waals surface area contributed by atoms with Gasteiger partial charge in [-0.15, -0.1) is 0 Å². The highest BCUT2D eigenvalue weighted by molar-refractivity contribution is 5.91. The van der Waals surface area contributed by atoms with Gasteiger partial charge in [0.25, 0.3) is 0 Å². The topological polar surface area (TPSA) is 53.0 Å². The molecule has 1 amide bonds. The molecule has 2 aliphatic heterocycles. The number of rotatable bonds is 3. The Balaban J connectivity index is 1.58. The zero-order chi connectivity index (χ0) is 18.8. The smallest absolute Gasteiger partial charge is 0.246 e. The van der Waals surface area contributed by atoms with Crippen LogP contribution in [-0.4, -0.2) is 71.8 Å². The molecular formula is C21H30N2O3. The summed E-state index contributed by atoms with van der Waals surface area (Å²) in [7, 11) is 4.01. The molecule has 1 aromatic carbocycles. The summed E-state index contributed by atoms with van der Waals surface area (Å²) in [5.74, 6) is 0.0515. The van der Waals surface area contributed by atoms with Crippen molar-refractivity contribution in [3.05, 3.63) is 42.0 Å². The fraction of sp³-hybridized carbons (Fsp3) is 0.571. The molecule has 142 valence electrons. The van der Waals surface area contributed by atoms with Crippen LogP contribution in [0.3, 0.4) is 0 Å². The molecule has 2 aliphatic rings. The number of amides is 1. The predicted molar refractivity (Wildman–Crippen MR) is 103 cm³/mol. The van der Waals surface area contributed by atoms with Crippen LogP contribution >= 0.6 is 0 Å². The summed E-state index contributed by atoms with van der Waals surface area (Å²) in [6, 6.07) is 9.93. The van der Waals surface area contributed by atoms with Gasteiger partial charge >= 0.3 is 0 Å². The average molecular weight is 358 g/mol. The number of likely N-dealkylation sites (tertiary alicyclic amines) is 1. The molecule has 2 fully saturated rings. The third kappa shape index (κ3) is 4.17. The van der Waals surface area contributed by atoms with Gasteiger partial charge in [0.05, 0.1) is 12.2 Å². The Kier molecular flexibility index (Phi) is 5.51. The minimum absolute atomic E-state index is 0.0515. The number of carbonyl (C=O) groups is 1. The highest BCUT2D eigenvalue weighted by atomic mass is 16.5. The van der Waals surface area contributed by atoms with Crippen molar-refractivity contribution < 1.29 is 14.6 Å². The summed E-state index contributed by atoms with van der Waals surface area (Å²) in [5.41, 5.74) is -0.0296. The fourth-order valence-electron chi connectivity index (χ4n) is 4.09. The second kappa shape index (κ2) is 7.51. The van der Waals surface area contributed by atoms with Crippen molar-refractivity contribution in [1.29, 1.82) is 0 Å². The van der Waals surface area contributed by atoms with Gasteiger partial charge in [-0.25, -0.2) is 0 Å². The van der Waals surface area contributed by atoms with E-state index >= 15 is 0 Å². The molecule has 0 aromatic heterocycles. The molecule has 0 unspecified atom stereocenters. The van der Waals surface area contributed by atoms with Crippen molar-refractivity contribution in [1.82, 2.24) is 9.80 Å². The first kappa shape index (κ1) is 19.1. The van der Waals surface area contributed by atoms with Gasteiger partial charge in [-0.05, 0) is 51.9 Å². The van der Waals surface area contributed by atoms with Crippen LogP contribution in [0.4, 0.5) is 0 Å². The molecule has 3 rings (SSSR count). The maximum atomic E-state index is 12.5. The SMILES string of the molecule is CN(C)[C@H]1CC2(CCN(C(=O)C=Cc3ccccc3)CC2)OC[C@]1(C)O. The first-order chi connectivity index (χ1) is 12.3. The maximum absolute atomic E-state index is 12.5. The summed E-state index contributed by atoms with van der Waals surface area (Å²) in [5, 5.41) is 10.6. The second-order valence-corrected chi connectivity index (χ2v) is 8.08. The van der Waals surface area contributed by atoms with E-state index in [0.29, 0.717) is 19.7 Å². The molecule has 0 saturated carbocycles. The highest BCUT2D eigenvalue weighted by Gasteiger charge is 2.49. The number of likely N-dealkylation sites (N-methyl/N-ethyl adjacent to an activating group) is 1. The van der Waals surface area contributed by atoms with Crippen LogP contribution < -0.4 is 0 Å². The molecule has 2 saturated heterocycles. The number of ether oxygens (including phenoxy) is 1. The van der Waals surface area contributed by atoms with E-state index in [-0.39, 0.29) is 17.6 Å². The van der Waals surface area contributed by atoms with Crippen molar-refractivity contribution in [2.75, 3.05) is 33.8 Å². The molecule has 0 aliphatic carbocycles. The molecule has 0 radical (unpaired) electrons. The van der Waals surface area contributed by atoms with Gasteiger partial charge in [-0.3, -0.25) is 4.79 Å². The van der Waals surface area contributed by atoms with Gasteiger partial charge < -0.3 is 19.6 Å². The van der Waals surface area contributed by atoms with E-state index < -0.39 is 5.60 Å². The van der Waals surface area contributed by atoms with E-state index in [4.69, 9.17) is 4.74 Å². The first-order valence-corrected chi connectivity index (χ1v) is 9.36. The molecule has 5 heteroatoms. The zero-order valence-electron chi connectivity index (χ0n) is 16.0. The van der Waals surface area contributed by atoms with Crippen LogP contribution in [0.2, 0.25) is 0 Å². The van der Waals surface area contributed by atoms with Crippen LogP contribution in [0.5, 0.6) is 0 Å². The second-order valence-electron chi connectivity index (χ2n) is 8.08. The summed E-state index contributed by atoms with van der Waals surface area (Å²) in [6.07, 6.45) is 5.96. The lowest BCUT2D eigenvalue weighted by Crippen LogP contribution is -2.62. The maximum Gasteiger partial charge on any atom is 0.246 e. The first-order valence-electron chi connectivity index (χ1n) is 9.36. The summed E-state index contributed by atoms with van der Waals surface area (Å²) < 4.78 is 6.13. The Morgan fingerprint density at radius 3 is 2.54 bits per heavy atom. The van der Waals surface area contributed by atoms with Crippen molar-refractivity contribution in [3.63, 3.8) is 0 Å². The van der Waals surface area contributed by atoms with E-state index in [2.05, 4.69) is 4.90 Å². The molecular weight excluding hydrogens is 328 g/mol. The summed E-state index contributed by atoms with van der Waals surface area (Å²) in [6.45, 7) is 3.58. The Morgan fingerprint density at radius 1 is 1.27 bits per heavy atom. The van der Waals surface area contributed by atoms with Crippen LogP contribution in [0, 0.1) is 0 Å². The summed E-state index contributed by atoms with van der Waals surface area (Å²) >= 11 is 0. The molecule has 1 spiro atoms. The lowest BCUT2D eigenvalue weighted by atomic mass is 9.77. The molecule has 0 bridgehead atoms. The van der Waals surface area contributed by atoms with Crippen molar-refractivity contribution in [2.24, 2.45) is 0 Å². The molecule has 2 atom stereocenters. The van der Waals surface area contributed by atoms with Crippen LogP contribution in [-0.2, 0) is 9.53 Å². The number of carbonyl (C=O) groups excluding carboxylic acids is 1. The number of aliphatic hydroxyl groups is 1. The predicted octanol–water partition coefficient (Wildman–Crippen LogP) is 2.16. The van der Waals surface area contributed by atoms with Gasteiger partial charge in [0.1, 0.15) is 5.60 Å². The van der Waals surface area contributed by atoms with Crippen molar-refractivity contribution in [3.8, 4) is 0 Å². The minimum atomic E-state index is -0.833. The number of benzene rings is 1. The third-order valence-electron chi connectivity index (χ3n) is 5.78. The van der Waals surface area contributed by atoms with E-state index in [1.54, 1.807) is 6.08 Å². The van der Waals surface area contributed by atoms with Crippen LogP contribution in [0.15, 0.2) is 36.4 Å². The normalized spacial score (nSPS) is 28.8. The standard InChI is InChI=1S/C21H30N2O3/c1-20(25)16-26-21(15-18(20)22(2)3)11-13-23(14-12-21)19(24)10-9-17-7-5-4-6-8-17/h4-10,18,25H,11-16H2,1-3H3/t18-,20-/m0/s1. The lowest BCUT2D eigenvalue weighted by Gasteiger charge is -2.52. The lowest BCUT2D eigenvalue weighted by molar-refractivity contribution is -0.206. The number of piperidine rings is 1. The minimum Gasteiger partial charge on any atom is -0.386 e.